The number of fused-ring (bicyclic) bond motifs is 1. The van der Waals surface area contributed by atoms with Crippen LogP contribution in [0.1, 0.15) is 39.5 Å². The number of nitrogens with zero attached hydrogens (tertiary/aromatic N) is 2. The van der Waals surface area contributed by atoms with Gasteiger partial charge in [-0.05, 0) is 35.5 Å². The van der Waals surface area contributed by atoms with Crippen molar-refractivity contribution in [2.45, 2.75) is 46.1 Å². The van der Waals surface area contributed by atoms with Gasteiger partial charge in [-0.1, -0.05) is 26.7 Å². The Labute approximate surface area is 129 Å². The average Bonchev–Trinajstić information content (AvgIpc) is 2.91. The van der Waals surface area contributed by atoms with Crippen LogP contribution in [0, 0.1) is 5.41 Å². The molecule has 0 aliphatic heterocycles. The SMILES string of the molecule is CCCC(CS)(CCC)Cn1cnc2ccsc2c1=O. The number of aromatic nitrogens is 2. The molecule has 0 atom stereocenters. The number of thiol groups is 1. The number of rotatable bonds is 7. The zero-order valence-electron chi connectivity index (χ0n) is 12.1. The Morgan fingerprint density at radius 1 is 1.35 bits per heavy atom. The van der Waals surface area contributed by atoms with Crippen LogP contribution in [0.3, 0.4) is 0 Å². The molecular formula is C15H22N2OS2. The lowest BCUT2D eigenvalue weighted by atomic mass is 9.81. The molecule has 0 saturated heterocycles. The zero-order valence-corrected chi connectivity index (χ0v) is 13.8. The summed E-state index contributed by atoms with van der Waals surface area (Å²) in [5, 5.41) is 1.92. The molecule has 3 nitrogen and oxygen atoms in total. The molecule has 2 aromatic heterocycles. The summed E-state index contributed by atoms with van der Waals surface area (Å²) in [6.07, 6.45) is 6.12. The van der Waals surface area contributed by atoms with Crippen LogP contribution in [0.15, 0.2) is 22.6 Å². The van der Waals surface area contributed by atoms with Crippen molar-refractivity contribution in [3.8, 4) is 0 Å². The van der Waals surface area contributed by atoms with E-state index in [-0.39, 0.29) is 11.0 Å². The summed E-state index contributed by atoms with van der Waals surface area (Å²) in [7, 11) is 0. The molecule has 110 valence electrons. The third-order valence-electron chi connectivity index (χ3n) is 3.84. The smallest absolute Gasteiger partial charge is 0.271 e. The van der Waals surface area contributed by atoms with Gasteiger partial charge in [-0.15, -0.1) is 11.3 Å². The van der Waals surface area contributed by atoms with E-state index in [0.29, 0.717) is 0 Å². The predicted octanol–water partition coefficient (Wildman–Crippen LogP) is 3.97. The van der Waals surface area contributed by atoms with Gasteiger partial charge in [0.2, 0.25) is 0 Å². The summed E-state index contributed by atoms with van der Waals surface area (Å²) >= 11 is 6.04. The van der Waals surface area contributed by atoms with Crippen molar-refractivity contribution >= 4 is 34.2 Å². The van der Waals surface area contributed by atoms with E-state index in [1.807, 2.05) is 11.4 Å². The molecule has 0 fully saturated rings. The van der Waals surface area contributed by atoms with Gasteiger partial charge in [-0.2, -0.15) is 12.6 Å². The molecule has 2 aromatic rings. The molecule has 2 heterocycles. The lowest BCUT2D eigenvalue weighted by molar-refractivity contribution is 0.228. The van der Waals surface area contributed by atoms with E-state index in [1.165, 1.54) is 11.3 Å². The topological polar surface area (TPSA) is 34.9 Å². The van der Waals surface area contributed by atoms with Crippen LogP contribution in [0.25, 0.3) is 10.2 Å². The minimum absolute atomic E-state index is 0.0864. The summed E-state index contributed by atoms with van der Waals surface area (Å²) in [6.45, 7) is 5.10. The zero-order chi connectivity index (χ0) is 14.6. The molecule has 20 heavy (non-hydrogen) atoms. The highest BCUT2D eigenvalue weighted by atomic mass is 32.1. The van der Waals surface area contributed by atoms with Crippen molar-refractivity contribution in [3.63, 3.8) is 0 Å². The minimum Gasteiger partial charge on any atom is -0.297 e. The molecule has 0 radical (unpaired) electrons. The minimum atomic E-state index is 0.0864. The highest BCUT2D eigenvalue weighted by molar-refractivity contribution is 7.80. The standard InChI is InChI=1S/C15H22N2OS2/c1-3-6-15(10-19,7-4-2)9-17-11-16-12-5-8-20-13(12)14(17)18/h5,8,11,19H,3-4,6-7,9-10H2,1-2H3. The number of thiophene rings is 1. The maximum atomic E-state index is 12.5. The Kier molecular flexibility index (Phi) is 5.27. The monoisotopic (exact) mass is 310 g/mol. The number of hydrogen-bond acceptors (Lipinski definition) is 4. The van der Waals surface area contributed by atoms with E-state index in [9.17, 15) is 4.79 Å². The van der Waals surface area contributed by atoms with Crippen LogP contribution in [-0.4, -0.2) is 15.3 Å². The second kappa shape index (κ2) is 6.76. The molecular weight excluding hydrogens is 288 g/mol. The van der Waals surface area contributed by atoms with Crippen LogP contribution in [0.2, 0.25) is 0 Å². The summed E-state index contributed by atoms with van der Waals surface area (Å²) in [4.78, 5) is 16.9. The Morgan fingerprint density at radius 2 is 2.05 bits per heavy atom. The van der Waals surface area contributed by atoms with E-state index in [1.54, 1.807) is 10.9 Å². The van der Waals surface area contributed by atoms with Crippen molar-refractivity contribution in [1.82, 2.24) is 9.55 Å². The summed E-state index contributed by atoms with van der Waals surface area (Å²) in [6, 6.07) is 1.90. The van der Waals surface area contributed by atoms with E-state index >= 15 is 0 Å². The van der Waals surface area contributed by atoms with Gasteiger partial charge in [0.05, 0.1) is 11.8 Å². The normalized spacial score (nSPS) is 12.2. The first-order valence-electron chi connectivity index (χ1n) is 7.19. The van der Waals surface area contributed by atoms with Crippen molar-refractivity contribution in [2.24, 2.45) is 5.41 Å². The van der Waals surface area contributed by atoms with E-state index in [0.717, 1.165) is 48.2 Å². The molecule has 0 spiro atoms. The molecule has 5 heteroatoms. The fraction of sp³-hybridized carbons (Fsp3) is 0.600. The van der Waals surface area contributed by atoms with Gasteiger partial charge in [0.1, 0.15) is 4.70 Å². The second-order valence-corrected chi connectivity index (χ2v) is 6.70. The molecule has 0 N–H and O–H groups in total. The Bertz CT molecular complexity index is 612. The first kappa shape index (κ1) is 15.6. The van der Waals surface area contributed by atoms with E-state index in [2.05, 4.69) is 31.5 Å². The number of hydrogen-bond donors (Lipinski definition) is 1. The predicted molar refractivity (Wildman–Crippen MR) is 90.0 cm³/mol. The van der Waals surface area contributed by atoms with Crippen LogP contribution in [-0.2, 0) is 6.54 Å². The third-order valence-corrected chi connectivity index (χ3v) is 5.40. The van der Waals surface area contributed by atoms with E-state index in [4.69, 9.17) is 0 Å². The van der Waals surface area contributed by atoms with Crippen LogP contribution >= 0.6 is 24.0 Å². The van der Waals surface area contributed by atoms with Gasteiger partial charge in [-0.3, -0.25) is 9.36 Å². The average molecular weight is 310 g/mol. The van der Waals surface area contributed by atoms with Crippen molar-refractivity contribution in [3.05, 3.63) is 28.1 Å². The maximum Gasteiger partial charge on any atom is 0.271 e. The lowest BCUT2D eigenvalue weighted by Gasteiger charge is -2.32. The first-order chi connectivity index (χ1) is 9.65. The molecule has 0 unspecified atom stereocenters. The molecule has 0 aromatic carbocycles. The fourth-order valence-electron chi connectivity index (χ4n) is 2.90. The summed E-state index contributed by atoms with van der Waals surface area (Å²) in [5.74, 6) is 0.809. The fourth-order valence-corrected chi connectivity index (χ4v) is 4.11. The molecule has 0 bridgehead atoms. The Balaban J connectivity index is 2.37. The highest BCUT2D eigenvalue weighted by Crippen LogP contribution is 2.33. The lowest BCUT2D eigenvalue weighted by Crippen LogP contribution is -2.34. The van der Waals surface area contributed by atoms with Crippen molar-refractivity contribution < 1.29 is 0 Å². The van der Waals surface area contributed by atoms with Gasteiger partial charge in [0, 0.05) is 6.54 Å². The Morgan fingerprint density at radius 3 is 2.65 bits per heavy atom. The third kappa shape index (κ3) is 3.09. The maximum absolute atomic E-state index is 12.5. The molecule has 2 rings (SSSR count). The van der Waals surface area contributed by atoms with Crippen LogP contribution in [0.4, 0.5) is 0 Å². The molecule has 0 amide bonds. The van der Waals surface area contributed by atoms with E-state index < -0.39 is 0 Å². The molecule has 0 aliphatic carbocycles. The summed E-state index contributed by atoms with van der Waals surface area (Å²) < 4.78 is 2.54. The van der Waals surface area contributed by atoms with Gasteiger partial charge in [0.25, 0.3) is 5.56 Å². The van der Waals surface area contributed by atoms with Crippen LogP contribution < -0.4 is 5.56 Å². The summed E-state index contributed by atoms with van der Waals surface area (Å²) in [5.41, 5.74) is 0.991. The van der Waals surface area contributed by atoms with Crippen molar-refractivity contribution in [2.75, 3.05) is 5.75 Å². The van der Waals surface area contributed by atoms with Gasteiger partial charge in [-0.25, -0.2) is 4.98 Å². The molecule has 0 aliphatic rings. The van der Waals surface area contributed by atoms with Gasteiger partial charge < -0.3 is 0 Å². The second-order valence-electron chi connectivity index (χ2n) is 5.47. The molecule has 0 saturated carbocycles. The first-order valence-corrected chi connectivity index (χ1v) is 8.70. The Hall–Kier alpha value is -0.810. The van der Waals surface area contributed by atoms with Gasteiger partial charge in [0.15, 0.2) is 0 Å². The highest BCUT2D eigenvalue weighted by Gasteiger charge is 2.28. The van der Waals surface area contributed by atoms with Crippen LogP contribution in [0.5, 0.6) is 0 Å². The largest absolute Gasteiger partial charge is 0.297 e. The van der Waals surface area contributed by atoms with Gasteiger partial charge >= 0.3 is 0 Å². The van der Waals surface area contributed by atoms with Crippen molar-refractivity contribution in [1.29, 1.82) is 0 Å². The quantitative estimate of drug-likeness (QED) is 0.785.